The number of benzene rings is 1. The van der Waals surface area contributed by atoms with Gasteiger partial charge in [-0.2, -0.15) is 0 Å². The lowest BCUT2D eigenvalue weighted by Crippen LogP contribution is -2.43. The zero-order chi connectivity index (χ0) is 26.0. The third-order valence-corrected chi connectivity index (χ3v) is 5.51. The van der Waals surface area contributed by atoms with Gasteiger partial charge in [0.05, 0.1) is 6.54 Å². The highest BCUT2D eigenvalue weighted by Crippen LogP contribution is 2.34. The van der Waals surface area contributed by atoms with Gasteiger partial charge in [0.1, 0.15) is 23.0 Å². The first-order valence-electron chi connectivity index (χ1n) is 11.0. The number of aliphatic hydroxyl groups excluding tert-OH is 1. The van der Waals surface area contributed by atoms with Gasteiger partial charge in [-0.1, -0.05) is 12.1 Å². The Morgan fingerprint density at radius 1 is 1.17 bits per heavy atom. The highest BCUT2D eigenvalue weighted by atomic mass is 19.4. The largest absolute Gasteiger partial charge is 0.573 e. The summed E-state index contributed by atoms with van der Waals surface area (Å²) < 4.78 is 50.2. The quantitative estimate of drug-likeness (QED) is 0.478. The number of hydrogen-bond acceptors (Lipinski definition) is 8. The van der Waals surface area contributed by atoms with Crippen LogP contribution in [0.25, 0.3) is 0 Å². The maximum Gasteiger partial charge on any atom is 0.573 e. The van der Waals surface area contributed by atoms with Crippen LogP contribution in [0.1, 0.15) is 17.7 Å². The molecule has 13 heteroatoms. The molecule has 3 aromatic rings. The lowest BCUT2D eigenvalue weighted by atomic mass is 10.2. The van der Waals surface area contributed by atoms with E-state index in [1.54, 1.807) is 17.2 Å². The van der Waals surface area contributed by atoms with Gasteiger partial charge in [-0.3, -0.25) is 18.9 Å². The molecule has 36 heavy (non-hydrogen) atoms. The van der Waals surface area contributed by atoms with Gasteiger partial charge >= 0.3 is 12.1 Å². The van der Waals surface area contributed by atoms with Crippen LogP contribution >= 0.6 is 0 Å². The molecule has 0 saturated carbocycles. The van der Waals surface area contributed by atoms with Gasteiger partial charge in [-0.15, -0.1) is 13.2 Å². The third-order valence-electron chi connectivity index (χ3n) is 5.51. The number of ether oxygens (including phenoxy) is 2. The van der Waals surface area contributed by atoms with Crippen LogP contribution in [-0.2, 0) is 20.1 Å². The van der Waals surface area contributed by atoms with Crippen LogP contribution in [0, 0.1) is 6.92 Å². The normalized spacial score (nSPS) is 14.9. The van der Waals surface area contributed by atoms with Gasteiger partial charge in [-0.25, -0.2) is 4.79 Å². The maximum atomic E-state index is 13.4. The molecule has 2 N–H and O–H groups in total. The number of nitrogens with one attached hydrogen (secondary N) is 1. The van der Waals surface area contributed by atoms with Crippen molar-refractivity contribution in [2.24, 2.45) is 7.05 Å². The molecule has 0 spiro atoms. The van der Waals surface area contributed by atoms with E-state index in [9.17, 15) is 27.9 Å². The maximum absolute atomic E-state index is 13.4. The Hall–Kier alpha value is -4.00. The molecular weight excluding hydrogens is 483 g/mol. The van der Waals surface area contributed by atoms with Crippen LogP contribution in [0.3, 0.4) is 0 Å². The second-order valence-corrected chi connectivity index (χ2v) is 8.15. The predicted octanol–water partition coefficient (Wildman–Crippen LogP) is 2.33. The molecule has 0 saturated heterocycles. The summed E-state index contributed by atoms with van der Waals surface area (Å²) in [5, 5.41) is 12.2. The molecule has 1 atom stereocenters. The number of hydrogen-bond donors (Lipinski definition) is 2. The Morgan fingerprint density at radius 3 is 2.58 bits per heavy atom. The van der Waals surface area contributed by atoms with Crippen molar-refractivity contribution in [1.82, 2.24) is 14.1 Å². The monoisotopic (exact) mass is 507 g/mol. The summed E-state index contributed by atoms with van der Waals surface area (Å²) in [6, 6.07) is 8.61. The Kier molecular flexibility index (Phi) is 6.93. The fourth-order valence-electron chi connectivity index (χ4n) is 3.83. The van der Waals surface area contributed by atoms with Crippen molar-refractivity contribution in [2.75, 3.05) is 16.8 Å². The number of aryl methyl sites for hydroxylation is 1. The van der Waals surface area contributed by atoms with Crippen molar-refractivity contribution in [1.29, 1.82) is 0 Å². The average molecular weight is 507 g/mol. The van der Waals surface area contributed by atoms with Crippen molar-refractivity contribution in [3.63, 3.8) is 0 Å². The lowest BCUT2D eigenvalue weighted by Gasteiger charge is -2.26. The zero-order valence-electron chi connectivity index (χ0n) is 19.5. The summed E-state index contributed by atoms with van der Waals surface area (Å²) in [6.07, 6.45) is -4.08. The Morgan fingerprint density at radius 2 is 1.92 bits per heavy atom. The van der Waals surface area contributed by atoms with E-state index in [1.165, 1.54) is 23.7 Å². The van der Waals surface area contributed by atoms with E-state index in [4.69, 9.17) is 4.74 Å². The van der Waals surface area contributed by atoms with Crippen LogP contribution in [0.2, 0.25) is 0 Å². The van der Waals surface area contributed by atoms with Crippen LogP contribution < -0.4 is 30.9 Å². The minimum Gasteiger partial charge on any atom is -0.452 e. The molecular formula is C23H24F3N5O5. The molecule has 2 aromatic heterocycles. The summed E-state index contributed by atoms with van der Waals surface area (Å²) in [5.74, 6) is -0.235. The number of anilines is 2. The smallest absolute Gasteiger partial charge is 0.452 e. The average Bonchev–Trinajstić information content (AvgIpc) is 3.16. The van der Waals surface area contributed by atoms with E-state index in [0.29, 0.717) is 0 Å². The van der Waals surface area contributed by atoms with Crippen molar-refractivity contribution >= 4 is 11.5 Å². The number of pyridine rings is 1. The number of aliphatic hydroxyl groups is 1. The molecule has 0 aliphatic carbocycles. The molecule has 1 aliphatic heterocycles. The van der Waals surface area contributed by atoms with E-state index >= 15 is 0 Å². The molecule has 0 radical (unpaired) electrons. The molecule has 1 unspecified atom stereocenters. The van der Waals surface area contributed by atoms with Crippen molar-refractivity contribution in [3.8, 4) is 11.5 Å². The lowest BCUT2D eigenvalue weighted by molar-refractivity contribution is -0.274. The molecule has 192 valence electrons. The standard InChI is InChI=1S/C23H24F3N5O5/c1-14-7-8-15(12-27-14)13-31-18-19(29(2)22(34)30(20(18)33)9-4-10-32)28-21(31)35-16-5-3-6-17(11-16)36-23(24,25)26/h3,5-8,11-12,21,28,32H,4,9-10,13H2,1-2H3. The fourth-order valence-corrected chi connectivity index (χ4v) is 3.83. The molecule has 10 nitrogen and oxygen atoms in total. The number of nitrogens with zero attached hydrogens (tertiary/aromatic N) is 4. The second-order valence-electron chi connectivity index (χ2n) is 8.15. The summed E-state index contributed by atoms with van der Waals surface area (Å²) in [7, 11) is 1.48. The van der Waals surface area contributed by atoms with Crippen LogP contribution in [0.15, 0.2) is 52.2 Å². The van der Waals surface area contributed by atoms with Gasteiger partial charge in [0.2, 0.25) is 0 Å². The number of fused-ring (bicyclic) bond motifs is 1. The van der Waals surface area contributed by atoms with Gasteiger partial charge in [0.25, 0.3) is 11.9 Å². The number of alkyl halides is 3. The minimum atomic E-state index is -4.87. The molecule has 4 rings (SSSR count). The van der Waals surface area contributed by atoms with E-state index < -0.39 is 29.7 Å². The van der Waals surface area contributed by atoms with E-state index in [-0.39, 0.29) is 43.4 Å². The van der Waals surface area contributed by atoms with Gasteiger partial charge in [0, 0.05) is 38.2 Å². The first-order valence-corrected chi connectivity index (χ1v) is 11.0. The fraction of sp³-hybridized carbons (Fsp3) is 0.348. The minimum absolute atomic E-state index is 0.0115. The summed E-state index contributed by atoms with van der Waals surface area (Å²) in [5.41, 5.74) is 0.491. The van der Waals surface area contributed by atoms with Gasteiger partial charge < -0.3 is 24.8 Å². The number of halogens is 3. The van der Waals surface area contributed by atoms with Crippen molar-refractivity contribution < 1.29 is 27.8 Å². The van der Waals surface area contributed by atoms with Crippen LogP contribution in [0.4, 0.5) is 24.7 Å². The summed E-state index contributed by atoms with van der Waals surface area (Å²) in [4.78, 5) is 32.0. The summed E-state index contributed by atoms with van der Waals surface area (Å²) >= 11 is 0. The number of rotatable bonds is 8. The van der Waals surface area contributed by atoms with E-state index in [2.05, 4.69) is 15.0 Å². The number of aromatic nitrogens is 3. The van der Waals surface area contributed by atoms with Crippen LogP contribution in [0.5, 0.6) is 11.5 Å². The van der Waals surface area contributed by atoms with Crippen molar-refractivity contribution in [2.45, 2.75) is 39.1 Å². The van der Waals surface area contributed by atoms with Crippen molar-refractivity contribution in [3.05, 3.63) is 74.7 Å². The van der Waals surface area contributed by atoms with Gasteiger partial charge in [-0.05, 0) is 37.1 Å². The van der Waals surface area contributed by atoms with E-state index in [1.807, 2.05) is 13.0 Å². The Bertz CT molecular complexity index is 1350. The highest BCUT2D eigenvalue weighted by molar-refractivity contribution is 5.71. The molecule has 0 fully saturated rings. The van der Waals surface area contributed by atoms with Gasteiger partial charge in [0.15, 0.2) is 0 Å². The first-order chi connectivity index (χ1) is 17.1. The SMILES string of the molecule is Cc1ccc(CN2c3c(n(C)c(=O)n(CCCO)c3=O)NC2Oc2cccc(OC(F)(F)F)c2)cn1. The van der Waals surface area contributed by atoms with E-state index in [0.717, 1.165) is 28.0 Å². The summed E-state index contributed by atoms with van der Waals surface area (Å²) in [6.45, 7) is 1.78. The molecule has 1 aromatic carbocycles. The predicted molar refractivity (Wildman–Crippen MR) is 124 cm³/mol. The zero-order valence-corrected chi connectivity index (χ0v) is 19.5. The molecule has 1 aliphatic rings. The molecule has 0 amide bonds. The van der Waals surface area contributed by atoms with Crippen LogP contribution in [-0.4, -0.2) is 38.5 Å². The Balaban J connectivity index is 1.74. The second kappa shape index (κ2) is 9.93. The third kappa shape index (κ3) is 5.30. The topological polar surface area (TPSA) is 111 Å². The highest BCUT2D eigenvalue weighted by Gasteiger charge is 2.37. The Labute approximate surface area is 203 Å². The molecule has 0 bridgehead atoms. The first kappa shape index (κ1) is 25.1. The molecule has 3 heterocycles.